The molecule has 4 atom stereocenters. The second kappa shape index (κ2) is 5.14. The predicted octanol–water partition coefficient (Wildman–Crippen LogP) is -0.662. The van der Waals surface area contributed by atoms with Gasteiger partial charge in [0, 0.05) is 4.91 Å². The molecular formula is C10H12N8O3. The van der Waals surface area contributed by atoms with Crippen molar-refractivity contribution in [3.05, 3.63) is 23.1 Å². The minimum absolute atomic E-state index is 0.205. The van der Waals surface area contributed by atoms with Gasteiger partial charge in [-0.2, -0.15) is 0 Å². The summed E-state index contributed by atoms with van der Waals surface area (Å²) >= 11 is 0. The normalized spacial score (nSPS) is 28.7. The fourth-order valence-electron chi connectivity index (χ4n) is 2.37. The number of aliphatic hydroxyl groups is 2. The van der Waals surface area contributed by atoms with E-state index in [4.69, 9.17) is 16.0 Å². The number of imidazole rings is 1. The molecule has 3 heterocycles. The summed E-state index contributed by atoms with van der Waals surface area (Å²) in [5, 5.41) is 23.0. The van der Waals surface area contributed by atoms with Crippen LogP contribution < -0.4 is 5.73 Å². The van der Waals surface area contributed by atoms with E-state index in [1.165, 1.54) is 17.2 Å². The van der Waals surface area contributed by atoms with Crippen molar-refractivity contribution in [2.24, 2.45) is 5.11 Å². The molecule has 0 saturated carbocycles. The highest BCUT2D eigenvalue weighted by Gasteiger charge is 2.44. The first-order valence-corrected chi connectivity index (χ1v) is 6.09. The second-order valence-corrected chi connectivity index (χ2v) is 4.52. The summed E-state index contributed by atoms with van der Waals surface area (Å²) in [5.41, 5.74) is 15.0. The van der Waals surface area contributed by atoms with Crippen molar-refractivity contribution in [2.45, 2.75) is 24.5 Å². The molecule has 0 amide bonds. The Labute approximate surface area is 117 Å². The van der Waals surface area contributed by atoms with Gasteiger partial charge in [-0.1, -0.05) is 5.11 Å². The molecule has 1 aliphatic rings. The van der Waals surface area contributed by atoms with Crippen LogP contribution in [0.2, 0.25) is 0 Å². The second-order valence-electron chi connectivity index (χ2n) is 4.52. The summed E-state index contributed by atoms with van der Waals surface area (Å²) in [6, 6.07) is -0.901. The Hall–Kier alpha value is -2.46. The Bertz CT molecular complexity index is 711. The van der Waals surface area contributed by atoms with E-state index in [9.17, 15) is 10.2 Å². The van der Waals surface area contributed by atoms with Crippen molar-refractivity contribution in [3.8, 4) is 0 Å². The SMILES string of the molecule is [N-]=[N+]=NC1C(CO)OC(n2cnc3c(N)ncnc32)C1O. The fraction of sp³-hybridized carbons (Fsp3) is 0.500. The smallest absolute Gasteiger partial charge is 0.167 e. The van der Waals surface area contributed by atoms with Crippen LogP contribution in [0.4, 0.5) is 5.82 Å². The van der Waals surface area contributed by atoms with Crippen LogP contribution in [-0.4, -0.2) is 54.6 Å². The lowest BCUT2D eigenvalue weighted by atomic mass is 10.1. The van der Waals surface area contributed by atoms with Crippen LogP contribution in [0.1, 0.15) is 6.23 Å². The van der Waals surface area contributed by atoms with Crippen molar-refractivity contribution in [3.63, 3.8) is 0 Å². The van der Waals surface area contributed by atoms with Crippen molar-refractivity contribution < 1.29 is 14.9 Å². The number of nitrogen functional groups attached to an aromatic ring is 1. The molecule has 4 N–H and O–H groups in total. The quantitative estimate of drug-likeness (QED) is 0.383. The number of rotatable bonds is 3. The first-order valence-electron chi connectivity index (χ1n) is 6.09. The van der Waals surface area contributed by atoms with Gasteiger partial charge in [-0.05, 0) is 5.53 Å². The third-order valence-electron chi connectivity index (χ3n) is 3.36. The molecule has 110 valence electrons. The van der Waals surface area contributed by atoms with Crippen LogP contribution >= 0.6 is 0 Å². The maximum Gasteiger partial charge on any atom is 0.167 e. The minimum Gasteiger partial charge on any atom is -0.394 e. The van der Waals surface area contributed by atoms with Crippen molar-refractivity contribution >= 4 is 17.0 Å². The molecule has 0 aromatic carbocycles. The number of anilines is 1. The zero-order valence-corrected chi connectivity index (χ0v) is 10.7. The van der Waals surface area contributed by atoms with Crippen LogP contribution in [0.25, 0.3) is 21.6 Å². The third-order valence-corrected chi connectivity index (χ3v) is 3.36. The molecule has 0 spiro atoms. The highest BCUT2D eigenvalue weighted by atomic mass is 16.5. The minimum atomic E-state index is -1.15. The molecule has 1 saturated heterocycles. The lowest BCUT2D eigenvalue weighted by Gasteiger charge is -2.16. The molecule has 2 aromatic heterocycles. The monoisotopic (exact) mass is 292 g/mol. The molecule has 11 heteroatoms. The summed E-state index contributed by atoms with van der Waals surface area (Å²) < 4.78 is 7.00. The number of hydrogen-bond acceptors (Lipinski definition) is 8. The van der Waals surface area contributed by atoms with Gasteiger partial charge in [0.05, 0.1) is 25.1 Å². The molecule has 1 fully saturated rings. The Morgan fingerprint density at radius 2 is 2.29 bits per heavy atom. The van der Waals surface area contributed by atoms with E-state index in [-0.39, 0.29) is 12.4 Å². The highest BCUT2D eigenvalue weighted by molar-refractivity contribution is 5.81. The predicted molar refractivity (Wildman–Crippen MR) is 69.7 cm³/mol. The van der Waals surface area contributed by atoms with Gasteiger partial charge in [-0.3, -0.25) is 4.57 Å². The number of azide groups is 1. The van der Waals surface area contributed by atoms with Gasteiger partial charge in [0.1, 0.15) is 17.9 Å². The molecule has 0 bridgehead atoms. The first kappa shape index (κ1) is 13.5. The molecular weight excluding hydrogens is 280 g/mol. The molecule has 3 rings (SSSR count). The van der Waals surface area contributed by atoms with Gasteiger partial charge >= 0.3 is 0 Å². The first-order chi connectivity index (χ1) is 10.2. The van der Waals surface area contributed by atoms with Crippen LogP contribution in [0.15, 0.2) is 17.8 Å². The lowest BCUT2D eigenvalue weighted by Crippen LogP contribution is -2.31. The van der Waals surface area contributed by atoms with Crippen LogP contribution in [-0.2, 0) is 4.74 Å². The number of nitrogens with zero attached hydrogens (tertiary/aromatic N) is 7. The fourth-order valence-corrected chi connectivity index (χ4v) is 2.37. The Morgan fingerprint density at radius 1 is 1.48 bits per heavy atom. The number of hydrogen-bond donors (Lipinski definition) is 3. The van der Waals surface area contributed by atoms with Crippen molar-refractivity contribution in [2.75, 3.05) is 12.3 Å². The molecule has 1 aliphatic heterocycles. The molecule has 0 aliphatic carbocycles. The molecule has 21 heavy (non-hydrogen) atoms. The molecule has 11 nitrogen and oxygen atoms in total. The lowest BCUT2D eigenvalue weighted by molar-refractivity contribution is -0.0488. The Balaban J connectivity index is 2.03. The van der Waals surface area contributed by atoms with Gasteiger partial charge < -0.3 is 20.7 Å². The van der Waals surface area contributed by atoms with E-state index in [2.05, 4.69) is 25.0 Å². The summed E-state index contributed by atoms with van der Waals surface area (Å²) in [6.07, 6.45) is -0.177. The maximum absolute atomic E-state index is 10.3. The third kappa shape index (κ3) is 2.04. The largest absolute Gasteiger partial charge is 0.394 e. The highest BCUT2D eigenvalue weighted by Crippen LogP contribution is 2.33. The number of ether oxygens (including phenoxy) is 1. The Kier molecular flexibility index (Phi) is 3.31. The van der Waals surface area contributed by atoms with Crippen LogP contribution in [0, 0.1) is 0 Å². The van der Waals surface area contributed by atoms with Gasteiger partial charge in [0.2, 0.25) is 0 Å². The van der Waals surface area contributed by atoms with Crippen molar-refractivity contribution in [1.29, 1.82) is 0 Å². The maximum atomic E-state index is 10.3. The zero-order chi connectivity index (χ0) is 15.0. The topological polar surface area (TPSA) is 168 Å². The van der Waals surface area contributed by atoms with E-state index >= 15 is 0 Å². The molecule has 2 aromatic rings. The van der Waals surface area contributed by atoms with Gasteiger partial charge in [0.25, 0.3) is 0 Å². The van der Waals surface area contributed by atoms with E-state index < -0.39 is 24.5 Å². The van der Waals surface area contributed by atoms with E-state index in [1.54, 1.807) is 0 Å². The molecule has 4 unspecified atom stereocenters. The summed E-state index contributed by atoms with van der Waals surface area (Å²) in [7, 11) is 0. The standard InChI is InChI=1S/C10H12N8O3/c11-8-6-9(14-2-13-8)18(3-15-6)10-7(20)5(16-17-12)4(1-19)21-10/h2-5,7,10,19-20H,1H2,(H2,11,13,14). The Morgan fingerprint density at radius 3 is 3.00 bits per heavy atom. The van der Waals surface area contributed by atoms with Gasteiger partial charge in [-0.25, -0.2) is 15.0 Å². The summed E-state index contributed by atoms with van der Waals surface area (Å²) in [6.45, 7) is -0.388. The van der Waals surface area contributed by atoms with E-state index in [0.717, 1.165) is 0 Å². The number of nitrogens with two attached hydrogens (primary N) is 1. The van der Waals surface area contributed by atoms with Crippen LogP contribution in [0.5, 0.6) is 0 Å². The summed E-state index contributed by atoms with van der Waals surface area (Å²) in [4.78, 5) is 14.6. The average Bonchev–Trinajstić information content (AvgIpc) is 3.03. The van der Waals surface area contributed by atoms with Crippen LogP contribution in [0.3, 0.4) is 0 Å². The van der Waals surface area contributed by atoms with E-state index in [0.29, 0.717) is 11.2 Å². The number of fused-ring (bicyclic) bond motifs is 1. The van der Waals surface area contributed by atoms with Gasteiger partial charge in [0.15, 0.2) is 17.7 Å². The molecule has 0 radical (unpaired) electrons. The number of aliphatic hydroxyl groups excluding tert-OH is 2. The number of aromatic nitrogens is 4. The van der Waals surface area contributed by atoms with Crippen molar-refractivity contribution in [1.82, 2.24) is 19.5 Å². The van der Waals surface area contributed by atoms with Gasteiger partial charge in [-0.15, -0.1) is 0 Å². The van der Waals surface area contributed by atoms with E-state index in [1.807, 2.05) is 0 Å². The zero-order valence-electron chi connectivity index (χ0n) is 10.7. The average molecular weight is 292 g/mol. The summed E-state index contributed by atoms with van der Waals surface area (Å²) in [5.74, 6) is 0.205.